The molecule has 1 aliphatic rings. The Bertz CT molecular complexity index is 184. The second-order valence-corrected chi connectivity index (χ2v) is 3.37. The molecule has 4 atom stereocenters. The molecule has 7 heteroatoms. The number of hydrogen-bond acceptors (Lipinski definition) is 7. The Labute approximate surface area is 86.5 Å². The molecule has 0 aromatic rings. The van der Waals surface area contributed by atoms with Gasteiger partial charge in [0.15, 0.2) is 6.29 Å². The maximum atomic E-state index is 9.42. The fraction of sp³-hybridized carbons (Fsp3) is 1.00. The number of aliphatic hydroxyl groups is 5. The van der Waals surface area contributed by atoms with Crippen molar-refractivity contribution in [3.8, 4) is 0 Å². The van der Waals surface area contributed by atoms with E-state index in [1.807, 2.05) is 0 Å². The standard InChI is InChI=1S/C8H16O7/c9-1-4(2-10)15-8-7(13)6(12)5(11)3-14-8/h4-13H,1-3H2/t5-,6+,7-,8+/m1/s1. The van der Waals surface area contributed by atoms with Crippen LogP contribution in [0.15, 0.2) is 0 Å². The zero-order valence-electron chi connectivity index (χ0n) is 8.06. The van der Waals surface area contributed by atoms with E-state index in [-0.39, 0.29) is 6.61 Å². The number of hydrogen-bond donors (Lipinski definition) is 5. The molecule has 0 radical (unpaired) electrons. The van der Waals surface area contributed by atoms with E-state index in [0.29, 0.717) is 0 Å². The molecule has 15 heavy (non-hydrogen) atoms. The summed E-state index contributed by atoms with van der Waals surface area (Å²) < 4.78 is 9.88. The molecule has 0 spiro atoms. The van der Waals surface area contributed by atoms with Crippen LogP contribution in [0.25, 0.3) is 0 Å². The summed E-state index contributed by atoms with van der Waals surface area (Å²) in [6.45, 7) is -1.03. The first-order chi connectivity index (χ1) is 7.10. The molecule has 90 valence electrons. The van der Waals surface area contributed by atoms with Crippen LogP contribution in [-0.2, 0) is 9.47 Å². The predicted octanol–water partition coefficient (Wildman–Crippen LogP) is -3.20. The highest BCUT2D eigenvalue weighted by atomic mass is 16.7. The molecule has 7 nitrogen and oxygen atoms in total. The molecule has 0 unspecified atom stereocenters. The lowest BCUT2D eigenvalue weighted by Crippen LogP contribution is -2.54. The van der Waals surface area contributed by atoms with Crippen molar-refractivity contribution in [1.82, 2.24) is 0 Å². The maximum absolute atomic E-state index is 9.42. The van der Waals surface area contributed by atoms with Crippen molar-refractivity contribution >= 4 is 0 Å². The zero-order valence-corrected chi connectivity index (χ0v) is 8.06. The highest BCUT2D eigenvalue weighted by Gasteiger charge is 2.39. The first kappa shape index (κ1) is 12.8. The van der Waals surface area contributed by atoms with E-state index in [9.17, 15) is 10.2 Å². The Kier molecular flexibility index (Phi) is 4.87. The van der Waals surface area contributed by atoms with Gasteiger partial charge >= 0.3 is 0 Å². The molecule has 0 aliphatic carbocycles. The highest BCUT2D eigenvalue weighted by Crippen LogP contribution is 2.17. The van der Waals surface area contributed by atoms with Crippen molar-refractivity contribution in [2.45, 2.75) is 30.7 Å². The topological polar surface area (TPSA) is 120 Å². The third-order valence-electron chi connectivity index (χ3n) is 2.19. The summed E-state index contributed by atoms with van der Waals surface area (Å²) in [5.74, 6) is 0. The minimum absolute atomic E-state index is 0.174. The Balaban J connectivity index is 2.48. The molecule has 1 aliphatic heterocycles. The fourth-order valence-corrected chi connectivity index (χ4v) is 1.23. The SMILES string of the molecule is OCC(CO)O[C@@H]1OC[C@@H](O)[C@H](O)[C@H]1O. The average molecular weight is 224 g/mol. The molecule has 0 saturated carbocycles. The molecular formula is C8H16O7. The lowest BCUT2D eigenvalue weighted by Gasteiger charge is -2.36. The minimum Gasteiger partial charge on any atom is -0.394 e. The van der Waals surface area contributed by atoms with Crippen LogP contribution in [0.4, 0.5) is 0 Å². The third-order valence-corrected chi connectivity index (χ3v) is 2.19. The minimum atomic E-state index is -1.41. The second-order valence-electron chi connectivity index (χ2n) is 3.37. The van der Waals surface area contributed by atoms with Crippen molar-refractivity contribution in [1.29, 1.82) is 0 Å². The van der Waals surface area contributed by atoms with E-state index < -0.39 is 43.9 Å². The van der Waals surface area contributed by atoms with Crippen molar-refractivity contribution in [3.63, 3.8) is 0 Å². The van der Waals surface area contributed by atoms with Gasteiger partial charge in [0.05, 0.1) is 19.8 Å². The Morgan fingerprint density at radius 3 is 2.27 bits per heavy atom. The van der Waals surface area contributed by atoms with Gasteiger partial charge in [-0.1, -0.05) is 0 Å². The highest BCUT2D eigenvalue weighted by molar-refractivity contribution is 4.82. The van der Waals surface area contributed by atoms with E-state index in [0.717, 1.165) is 0 Å². The van der Waals surface area contributed by atoms with Crippen LogP contribution in [0.1, 0.15) is 0 Å². The second kappa shape index (κ2) is 5.71. The van der Waals surface area contributed by atoms with Crippen molar-refractivity contribution in [3.05, 3.63) is 0 Å². The molecule has 0 aromatic heterocycles. The van der Waals surface area contributed by atoms with Gasteiger partial charge in [-0.3, -0.25) is 0 Å². The first-order valence-electron chi connectivity index (χ1n) is 4.63. The summed E-state index contributed by atoms with van der Waals surface area (Å²) in [4.78, 5) is 0. The van der Waals surface area contributed by atoms with Gasteiger partial charge in [-0.05, 0) is 0 Å². The molecule has 0 aromatic carbocycles. The average Bonchev–Trinajstić information content (AvgIpc) is 2.25. The molecule has 5 N–H and O–H groups in total. The monoisotopic (exact) mass is 224 g/mol. The van der Waals surface area contributed by atoms with Gasteiger partial charge in [0.25, 0.3) is 0 Å². The lowest BCUT2D eigenvalue weighted by atomic mass is 10.1. The van der Waals surface area contributed by atoms with E-state index >= 15 is 0 Å². The first-order valence-corrected chi connectivity index (χ1v) is 4.63. The quantitative estimate of drug-likeness (QED) is 0.341. The number of rotatable bonds is 4. The summed E-state index contributed by atoms with van der Waals surface area (Å²) in [5, 5.41) is 45.3. The van der Waals surface area contributed by atoms with Crippen LogP contribution in [0, 0.1) is 0 Å². The van der Waals surface area contributed by atoms with Gasteiger partial charge in [-0.15, -0.1) is 0 Å². The van der Waals surface area contributed by atoms with Crippen LogP contribution < -0.4 is 0 Å². The zero-order chi connectivity index (χ0) is 11.4. The molecule has 0 amide bonds. The summed E-state index contributed by atoms with van der Waals surface area (Å²) in [5.41, 5.74) is 0. The Hall–Kier alpha value is -0.280. The summed E-state index contributed by atoms with van der Waals surface area (Å²) in [6, 6.07) is 0. The number of ether oxygens (including phenoxy) is 2. The van der Waals surface area contributed by atoms with Crippen molar-refractivity contribution in [2.75, 3.05) is 19.8 Å². The maximum Gasteiger partial charge on any atom is 0.186 e. The Morgan fingerprint density at radius 2 is 1.73 bits per heavy atom. The smallest absolute Gasteiger partial charge is 0.186 e. The van der Waals surface area contributed by atoms with E-state index in [1.165, 1.54) is 0 Å². The van der Waals surface area contributed by atoms with Gasteiger partial charge in [-0.25, -0.2) is 0 Å². The van der Waals surface area contributed by atoms with Crippen LogP contribution in [0.2, 0.25) is 0 Å². The van der Waals surface area contributed by atoms with Crippen LogP contribution in [0.3, 0.4) is 0 Å². The number of aliphatic hydroxyl groups excluding tert-OH is 5. The summed E-state index contributed by atoms with van der Waals surface area (Å²) in [7, 11) is 0. The molecule has 0 bridgehead atoms. The predicted molar refractivity (Wildman–Crippen MR) is 46.8 cm³/mol. The van der Waals surface area contributed by atoms with Gasteiger partial charge in [-0.2, -0.15) is 0 Å². The fourth-order valence-electron chi connectivity index (χ4n) is 1.23. The van der Waals surface area contributed by atoms with Gasteiger partial charge in [0, 0.05) is 0 Å². The summed E-state index contributed by atoms with van der Waals surface area (Å²) in [6.07, 6.45) is -5.97. The van der Waals surface area contributed by atoms with Crippen molar-refractivity contribution < 1.29 is 35.0 Å². The van der Waals surface area contributed by atoms with Crippen molar-refractivity contribution in [2.24, 2.45) is 0 Å². The Morgan fingerprint density at radius 1 is 1.13 bits per heavy atom. The van der Waals surface area contributed by atoms with Crippen LogP contribution in [0.5, 0.6) is 0 Å². The molecular weight excluding hydrogens is 208 g/mol. The molecule has 1 rings (SSSR count). The molecule has 1 heterocycles. The van der Waals surface area contributed by atoms with Gasteiger partial charge in [0.1, 0.15) is 24.4 Å². The van der Waals surface area contributed by atoms with Gasteiger partial charge < -0.3 is 35.0 Å². The van der Waals surface area contributed by atoms with E-state index in [2.05, 4.69) is 0 Å². The normalized spacial score (nSPS) is 37.2. The van der Waals surface area contributed by atoms with Crippen LogP contribution in [-0.4, -0.2) is 76.1 Å². The summed E-state index contributed by atoms with van der Waals surface area (Å²) >= 11 is 0. The largest absolute Gasteiger partial charge is 0.394 e. The molecule has 1 saturated heterocycles. The van der Waals surface area contributed by atoms with E-state index in [1.54, 1.807) is 0 Å². The van der Waals surface area contributed by atoms with Crippen LogP contribution >= 0.6 is 0 Å². The lowest BCUT2D eigenvalue weighted by molar-refractivity contribution is -0.287. The third kappa shape index (κ3) is 3.08. The van der Waals surface area contributed by atoms with E-state index in [4.69, 9.17) is 24.8 Å². The molecule has 1 fully saturated rings. The van der Waals surface area contributed by atoms with Gasteiger partial charge in [0.2, 0.25) is 0 Å².